The maximum absolute atomic E-state index is 14.0. The van der Waals surface area contributed by atoms with E-state index in [1.54, 1.807) is 6.92 Å². The standard InChI is InChI=1S/C25H26FN5O7S/c1-4-38-18(32)12-29-24(34)21(13-5-10-16(36-2)17(11-13)37-3)31(15-8-6-14(26)7-9-15)25(35)22-19(27)20(23(28)33)30-39-22/h5-11,21H,4,12,27H2,1-3H3,(H2,28,33)(H,29,34)/t21-/m0/s1. The molecule has 3 amide bonds. The number of nitrogens with two attached hydrogens (primary N) is 2. The van der Waals surface area contributed by atoms with E-state index in [1.165, 1.54) is 44.6 Å². The number of hydrogen-bond donors (Lipinski definition) is 3. The normalized spacial score (nSPS) is 11.3. The molecule has 3 aromatic rings. The van der Waals surface area contributed by atoms with Crippen LogP contribution in [0, 0.1) is 5.82 Å². The number of carbonyl (C=O) groups is 4. The Morgan fingerprint density at radius 1 is 1.08 bits per heavy atom. The third-order valence-corrected chi connectivity index (χ3v) is 6.27. The number of carbonyl (C=O) groups excluding carboxylic acids is 4. The molecule has 0 aliphatic rings. The highest BCUT2D eigenvalue weighted by Gasteiger charge is 2.36. The third-order valence-electron chi connectivity index (χ3n) is 5.42. The van der Waals surface area contributed by atoms with Crippen molar-refractivity contribution in [2.75, 3.05) is 38.0 Å². The van der Waals surface area contributed by atoms with E-state index in [2.05, 4.69) is 9.69 Å². The molecule has 3 rings (SSSR count). The fourth-order valence-corrected chi connectivity index (χ4v) is 4.37. The summed E-state index contributed by atoms with van der Waals surface area (Å²) in [5, 5.41) is 2.47. The second kappa shape index (κ2) is 12.7. The van der Waals surface area contributed by atoms with Gasteiger partial charge in [0.25, 0.3) is 11.8 Å². The van der Waals surface area contributed by atoms with Crippen LogP contribution < -0.4 is 31.2 Å². The highest BCUT2D eigenvalue weighted by Crippen LogP contribution is 2.36. The van der Waals surface area contributed by atoms with Gasteiger partial charge in [-0.2, -0.15) is 4.37 Å². The third kappa shape index (κ3) is 6.41. The first-order valence-corrected chi connectivity index (χ1v) is 12.2. The molecule has 5 N–H and O–H groups in total. The molecule has 0 aliphatic heterocycles. The minimum absolute atomic E-state index is 0.0981. The molecule has 12 nitrogen and oxygen atoms in total. The van der Waals surface area contributed by atoms with E-state index in [-0.39, 0.29) is 39.9 Å². The summed E-state index contributed by atoms with van der Waals surface area (Å²) >= 11 is 0.610. The number of methoxy groups -OCH3 is 2. The summed E-state index contributed by atoms with van der Waals surface area (Å²) in [7, 11) is 2.82. The molecule has 1 atom stereocenters. The second-order valence-corrected chi connectivity index (χ2v) is 8.60. The van der Waals surface area contributed by atoms with E-state index in [9.17, 15) is 23.6 Å². The van der Waals surface area contributed by atoms with Crippen molar-refractivity contribution >= 4 is 46.6 Å². The lowest BCUT2D eigenvalue weighted by Crippen LogP contribution is -2.45. The predicted octanol–water partition coefficient (Wildman–Crippen LogP) is 2.05. The first kappa shape index (κ1) is 28.8. The van der Waals surface area contributed by atoms with Crippen LogP contribution in [0.15, 0.2) is 42.5 Å². The molecular weight excluding hydrogens is 533 g/mol. The quantitative estimate of drug-likeness (QED) is 0.297. The molecule has 39 heavy (non-hydrogen) atoms. The van der Waals surface area contributed by atoms with Crippen LogP contribution in [0.25, 0.3) is 0 Å². The number of nitrogen functional groups attached to an aromatic ring is 1. The maximum Gasteiger partial charge on any atom is 0.325 e. The molecule has 206 valence electrons. The largest absolute Gasteiger partial charge is 0.493 e. The molecule has 0 radical (unpaired) electrons. The summed E-state index contributed by atoms with van der Waals surface area (Å²) in [5.41, 5.74) is 11.1. The number of ether oxygens (including phenoxy) is 3. The zero-order valence-corrected chi connectivity index (χ0v) is 22.0. The minimum Gasteiger partial charge on any atom is -0.493 e. The second-order valence-electron chi connectivity index (χ2n) is 7.83. The van der Waals surface area contributed by atoms with Crippen molar-refractivity contribution in [3.8, 4) is 11.5 Å². The Labute approximate surface area is 226 Å². The van der Waals surface area contributed by atoms with E-state index < -0.39 is 42.1 Å². The van der Waals surface area contributed by atoms with Gasteiger partial charge in [0.05, 0.1) is 26.5 Å². The number of benzene rings is 2. The van der Waals surface area contributed by atoms with Gasteiger partial charge in [0, 0.05) is 5.69 Å². The van der Waals surface area contributed by atoms with Gasteiger partial charge in [-0.25, -0.2) is 4.39 Å². The van der Waals surface area contributed by atoms with Crippen LogP contribution >= 0.6 is 11.5 Å². The van der Waals surface area contributed by atoms with Gasteiger partial charge >= 0.3 is 5.97 Å². The van der Waals surface area contributed by atoms with Crippen molar-refractivity contribution in [2.24, 2.45) is 5.73 Å². The number of aromatic nitrogens is 1. The van der Waals surface area contributed by atoms with E-state index in [1.807, 2.05) is 0 Å². The van der Waals surface area contributed by atoms with Gasteiger partial charge in [0.1, 0.15) is 23.3 Å². The van der Waals surface area contributed by atoms with Gasteiger partial charge in [-0.1, -0.05) is 6.07 Å². The molecule has 0 saturated carbocycles. The molecule has 0 saturated heterocycles. The fraction of sp³-hybridized carbons (Fsp3) is 0.240. The van der Waals surface area contributed by atoms with Crippen LogP contribution in [-0.2, 0) is 14.3 Å². The molecule has 0 bridgehead atoms. The van der Waals surface area contributed by atoms with Crippen molar-refractivity contribution < 1.29 is 37.8 Å². The fourth-order valence-electron chi connectivity index (χ4n) is 3.63. The number of halogens is 1. The Morgan fingerprint density at radius 3 is 2.31 bits per heavy atom. The maximum atomic E-state index is 14.0. The van der Waals surface area contributed by atoms with Crippen LogP contribution in [0.4, 0.5) is 15.8 Å². The minimum atomic E-state index is -1.45. The lowest BCUT2D eigenvalue weighted by molar-refractivity contribution is -0.143. The van der Waals surface area contributed by atoms with Crippen molar-refractivity contribution in [3.05, 3.63) is 64.4 Å². The molecular formula is C25H26FN5O7S. The van der Waals surface area contributed by atoms with Crippen molar-refractivity contribution in [3.63, 3.8) is 0 Å². The summed E-state index contributed by atoms with van der Waals surface area (Å²) in [6.07, 6.45) is 0. The number of primary amides is 1. The van der Waals surface area contributed by atoms with Gasteiger partial charge in [0.2, 0.25) is 5.91 Å². The highest BCUT2D eigenvalue weighted by molar-refractivity contribution is 7.09. The van der Waals surface area contributed by atoms with Gasteiger partial charge in [0.15, 0.2) is 17.2 Å². The molecule has 0 aliphatic carbocycles. The Hall–Kier alpha value is -4.72. The number of nitrogens with zero attached hydrogens (tertiary/aromatic N) is 2. The Kier molecular flexibility index (Phi) is 9.38. The Balaban J connectivity index is 2.21. The van der Waals surface area contributed by atoms with Crippen molar-refractivity contribution in [1.29, 1.82) is 0 Å². The van der Waals surface area contributed by atoms with Gasteiger partial charge in [-0.15, -0.1) is 0 Å². The van der Waals surface area contributed by atoms with Crippen molar-refractivity contribution in [2.45, 2.75) is 13.0 Å². The summed E-state index contributed by atoms with van der Waals surface area (Å²) in [6, 6.07) is 7.84. The van der Waals surface area contributed by atoms with Crippen LogP contribution in [0.3, 0.4) is 0 Å². The van der Waals surface area contributed by atoms with Crippen LogP contribution in [0.1, 0.15) is 38.7 Å². The first-order chi connectivity index (χ1) is 18.6. The lowest BCUT2D eigenvalue weighted by atomic mass is 10.0. The monoisotopic (exact) mass is 559 g/mol. The number of nitrogens with one attached hydrogen (secondary N) is 1. The average Bonchev–Trinajstić information content (AvgIpc) is 3.32. The predicted molar refractivity (Wildman–Crippen MR) is 140 cm³/mol. The Bertz CT molecular complexity index is 1380. The molecule has 0 fully saturated rings. The molecule has 0 spiro atoms. The zero-order chi connectivity index (χ0) is 28.7. The SMILES string of the molecule is CCOC(=O)CNC(=O)[C@H](c1ccc(OC)c(OC)c1)N(C(=O)c1snc(C(N)=O)c1N)c1ccc(F)cc1. The number of esters is 1. The average molecular weight is 560 g/mol. The summed E-state index contributed by atoms with van der Waals surface area (Å²) in [5.74, 6) is -3.26. The zero-order valence-electron chi connectivity index (χ0n) is 21.2. The molecule has 2 aromatic carbocycles. The lowest BCUT2D eigenvalue weighted by Gasteiger charge is -2.31. The van der Waals surface area contributed by atoms with Gasteiger partial charge in [-0.05, 0) is 60.4 Å². The summed E-state index contributed by atoms with van der Waals surface area (Å²) < 4.78 is 33.2. The summed E-state index contributed by atoms with van der Waals surface area (Å²) in [4.78, 5) is 52.2. The van der Waals surface area contributed by atoms with Crippen LogP contribution in [0.5, 0.6) is 11.5 Å². The number of rotatable bonds is 11. The smallest absolute Gasteiger partial charge is 0.325 e. The first-order valence-electron chi connectivity index (χ1n) is 11.4. The Morgan fingerprint density at radius 2 is 1.74 bits per heavy atom. The van der Waals surface area contributed by atoms with Gasteiger partial charge in [-0.3, -0.25) is 24.1 Å². The van der Waals surface area contributed by atoms with Crippen molar-refractivity contribution in [1.82, 2.24) is 9.69 Å². The van der Waals surface area contributed by atoms with E-state index in [0.29, 0.717) is 17.3 Å². The molecule has 1 heterocycles. The van der Waals surface area contributed by atoms with Crippen LogP contribution in [-0.4, -0.2) is 55.4 Å². The van der Waals surface area contributed by atoms with Gasteiger partial charge < -0.3 is 31.0 Å². The van der Waals surface area contributed by atoms with Crippen LogP contribution in [0.2, 0.25) is 0 Å². The number of anilines is 2. The number of hydrogen-bond acceptors (Lipinski definition) is 10. The highest BCUT2D eigenvalue weighted by atomic mass is 32.1. The topological polar surface area (TPSA) is 176 Å². The molecule has 14 heteroatoms. The molecule has 0 unspecified atom stereocenters. The number of amides is 3. The summed E-state index contributed by atoms with van der Waals surface area (Å²) in [6.45, 7) is 1.22. The molecule has 1 aromatic heterocycles. The van der Waals surface area contributed by atoms with E-state index in [0.717, 1.165) is 17.0 Å². The van der Waals surface area contributed by atoms with E-state index >= 15 is 0 Å². The van der Waals surface area contributed by atoms with E-state index in [4.69, 9.17) is 25.7 Å².